The summed E-state index contributed by atoms with van der Waals surface area (Å²) in [5.41, 5.74) is 1.79. The molecule has 0 aliphatic heterocycles. The highest BCUT2D eigenvalue weighted by molar-refractivity contribution is 9.10. The molecule has 0 spiro atoms. The van der Waals surface area contributed by atoms with Crippen LogP contribution in [0.4, 0.5) is 4.39 Å². The van der Waals surface area contributed by atoms with Crippen LogP contribution < -0.4 is 5.32 Å². The van der Waals surface area contributed by atoms with Crippen molar-refractivity contribution >= 4 is 15.9 Å². The number of benzene rings is 1. The highest BCUT2D eigenvalue weighted by atomic mass is 79.9. The smallest absolute Gasteiger partial charge is 0.126 e. The average molecular weight is 340 g/mol. The zero-order valence-electron chi connectivity index (χ0n) is 11.7. The summed E-state index contributed by atoms with van der Waals surface area (Å²) in [6.07, 6.45) is 5.46. The normalized spacial score (nSPS) is 12.6. The number of hydrogen-bond donors (Lipinski definition) is 1. The van der Waals surface area contributed by atoms with Crippen LogP contribution in [0, 0.1) is 5.82 Å². The third-order valence-electron chi connectivity index (χ3n) is 3.20. The molecule has 0 amide bonds. The highest BCUT2D eigenvalue weighted by Gasteiger charge is 2.15. The molecule has 1 heterocycles. The van der Waals surface area contributed by atoms with Crippen molar-refractivity contribution in [3.8, 4) is 0 Å². The minimum Gasteiger partial charge on any atom is -0.310 e. The van der Waals surface area contributed by atoms with Gasteiger partial charge in [0.15, 0.2) is 0 Å². The SMILES string of the molecule is CCCNC(Cc1cc(Br)ccc1F)c1cnn(C)c1. The van der Waals surface area contributed by atoms with Crippen LogP contribution in [0.1, 0.15) is 30.5 Å². The van der Waals surface area contributed by atoms with E-state index in [0.29, 0.717) is 12.0 Å². The monoisotopic (exact) mass is 339 g/mol. The van der Waals surface area contributed by atoms with Gasteiger partial charge in [0.25, 0.3) is 0 Å². The molecule has 1 unspecified atom stereocenters. The first-order valence-corrected chi connectivity index (χ1v) is 7.55. The first kappa shape index (κ1) is 15.2. The van der Waals surface area contributed by atoms with Gasteiger partial charge in [0.1, 0.15) is 5.82 Å². The van der Waals surface area contributed by atoms with Crippen molar-refractivity contribution in [3.63, 3.8) is 0 Å². The summed E-state index contributed by atoms with van der Waals surface area (Å²) in [6.45, 7) is 3.02. The lowest BCUT2D eigenvalue weighted by molar-refractivity contribution is 0.512. The fraction of sp³-hybridized carbons (Fsp3) is 0.400. The second-order valence-corrected chi connectivity index (χ2v) is 5.81. The second kappa shape index (κ2) is 6.99. The van der Waals surface area contributed by atoms with E-state index < -0.39 is 0 Å². The van der Waals surface area contributed by atoms with Crippen molar-refractivity contribution in [1.82, 2.24) is 15.1 Å². The third kappa shape index (κ3) is 3.90. The van der Waals surface area contributed by atoms with E-state index in [-0.39, 0.29) is 11.9 Å². The van der Waals surface area contributed by atoms with Crippen molar-refractivity contribution in [2.45, 2.75) is 25.8 Å². The Morgan fingerprint density at radius 1 is 1.45 bits per heavy atom. The number of nitrogens with one attached hydrogen (secondary N) is 1. The molecule has 1 aromatic carbocycles. The molecular weight excluding hydrogens is 321 g/mol. The van der Waals surface area contributed by atoms with Crippen molar-refractivity contribution in [2.75, 3.05) is 6.54 Å². The van der Waals surface area contributed by atoms with Gasteiger partial charge in [-0.25, -0.2) is 4.39 Å². The largest absolute Gasteiger partial charge is 0.310 e. The fourth-order valence-corrected chi connectivity index (χ4v) is 2.57. The molecule has 3 nitrogen and oxygen atoms in total. The minimum absolute atomic E-state index is 0.0763. The first-order chi connectivity index (χ1) is 9.60. The summed E-state index contributed by atoms with van der Waals surface area (Å²) >= 11 is 3.40. The van der Waals surface area contributed by atoms with Crippen molar-refractivity contribution in [3.05, 3.63) is 52.0 Å². The summed E-state index contributed by atoms with van der Waals surface area (Å²) in [7, 11) is 1.89. The van der Waals surface area contributed by atoms with Crippen LogP contribution in [-0.2, 0) is 13.5 Å². The van der Waals surface area contributed by atoms with E-state index >= 15 is 0 Å². The van der Waals surface area contributed by atoms with E-state index in [1.807, 2.05) is 25.5 Å². The van der Waals surface area contributed by atoms with Crippen molar-refractivity contribution in [2.24, 2.45) is 7.05 Å². The number of rotatable bonds is 6. The Bertz CT molecular complexity index is 568. The Morgan fingerprint density at radius 3 is 2.90 bits per heavy atom. The van der Waals surface area contributed by atoms with Gasteiger partial charge in [-0.05, 0) is 43.1 Å². The number of nitrogens with zero attached hydrogens (tertiary/aromatic N) is 2. The molecule has 20 heavy (non-hydrogen) atoms. The molecule has 0 radical (unpaired) electrons. The lowest BCUT2D eigenvalue weighted by Crippen LogP contribution is -2.24. The standard InChI is InChI=1S/C15H19BrFN3/c1-3-6-18-15(12-9-19-20(2)10-12)8-11-7-13(16)4-5-14(11)17/h4-5,7,9-10,15,18H,3,6,8H2,1-2H3. The summed E-state index contributed by atoms with van der Waals surface area (Å²) in [5, 5.41) is 7.66. The minimum atomic E-state index is -0.166. The average Bonchev–Trinajstić information content (AvgIpc) is 2.85. The van der Waals surface area contributed by atoms with Gasteiger partial charge < -0.3 is 5.32 Å². The van der Waals surface area contributed by atoms with E-state index in [1.54, 1.807) is 10.7 Å². The van der Waals surface area contributed by atoms with Gasteiger partial charge >= 0.3 is 0 Å². The quantitative estimate of drug-likeness (QED) is 0.871. The predicted molar refractivity (Wildman–Crippen MR) is 82.0 cm³/mol. The highest BCUT2D eigenvalue weighted by Crippen LogP contribution is 2.22. The molecule has 0 saturated carbocycles. The van der Waals surface area contributed by atoms with Gasteiger partial charge in [0.2, 0.25) is 0 Å². The van der Waals surface area contributed by atoms with Crippen LogP contribution in [0.3, 0.4) is 0 Å². The van der Waals surface area contributed by atoms with Gasteiger partial charge in [-0.3, -0.25) is 4.68 Å². The maximum atomic E-state index is 13.9. The molecular formula is C15H19BrFN3. The molecule has 108 valence electrons. The zero-order valence-corrected chi connectivity index (χ0v) is 13.3. The molecule has 2 aromatic rings. The van der Waals surface area contributed by atoms with E-state index in [2.05, 4.69) is 33.3 Å². The topological polar surface area (TPSA) is 29.9 Å². The van der Waals surface area contributed by atoms with Crippen LogP contribution in [0.5, 0.6) is 0 Å². The van der Waals surface area contributed by atoms with Gasteiger partial charge in [-0.2, -0.15) is 5.10 Å². The van der Waals surface area contributed by atoms with Crippen LogP contribution >= 0.6 is 15.9 Å². The van der Waals surface area contributed by atoms with Gasteiger partial charge in [-0.15, -0.1) is 0 Å². The Hall–Kier alpha value is -1.20. The predicted octanol–water partition coefficient (Wildman–Crippen LogP) is 3.61. The Morgan fingerprint density at radius 2 is 2.25 bits per heavy atom. The molecule has 0 aliphatic rings. The maximum absolute atomic E-state index is 13.9. The van der Waals surface area contributed by atoms with Crippen molar-refractivity contribution in [1.29, 1.82) is 0 Å². The summed E-state index contributed by atoms with van der Waals surface area (Å²) in [4.78, 5) is 0. The summed E-state index contributed by atoms with van der Waals surface area (Å²) in [6, 6.07) is 5.14. The van der Waals surface area contributed by atoms with Crippen LogP contribution in [0.2, 0.25) is 0 Å². The lowest BCUT2D eigenvalue weighted by Gasteiger charge is -2.17. The lowest BCUT2D eigenvalue weighted by atomic mass is 10.0. The number of aromatic nitrogens is 2. The van der Waals surface area contributed by atoms with Crippen molar-refractivity contribution < 1.29 is 4.39 Å². The Kier molecular flexibility index (Phi) is 5.31. The Labute approximate surface area is 127 Å². The molecule has 1 aromatic heterocycles. The number of aryl methyl sites for hydroxylation is 1. The molecule has 1 N–H and O–H groups in total. The molecule has 0 saturated heterocycles. The fourth-order valence-electron chi connectivity index (χ4n) is 2.17. The van der Waals surface area contributed by atoms with E-state index in [1.165, 1.54) is 6.07 Å². The van der Waals surface area contributed by atoms with Gasteiger partial charge in [0.05, 0.1) is 6.20 Å². The third-order valence-corrected chi connectivity index (χ3v) is 3.69. The number of halogens is 2. The second-order valence-electron chi connectivity index (χ2n) is 4.89. The molecule has 0 bridgehead atoms. The Balaban J connectivity index is 2.21. The summed E-state index contributed by atoms with van der Waals surface area (Å²) < 4.78 is 16.6. The zero-order chi connectivity index (χ0) is 14.5. The first-order valence-electron chi connectivity index (χ1n) is 6.76. The van der Waals surface area contributed by atoms with Crippen LogP contribution in [0.25, 0.3) is 0 Å². The van der Waals surface area contributed by atoms with Gasteiger partial charge in [-0.1, -0.05) is 22.9 Å². The summed E-state index contributed by atoms with van der Waals surface area (Å²) in [5.74, 6) is -0.166. The van der Waals surface area contributed by atoms with E-state index in [4.69, 9.17) is 0 Å². The van der Waals surface area contributed by atoms with E-state index in [0.717, 1.165) is 23.0 Å². The molecule has 0 fully saturated rings. The molecule has 5 heteroatoms. The van der Waals surface area contributed by atoms with Crippen LogP contribution in [-0.4, -0.2) is 16.3 Å². The molecule has 1 atom stereocenters. The molecule has 0 aliphatic carbocycles. The number of hydrogen-bond acceptors (Lipinski definition) is 2. The van der Waals surface area contributed by atoms with Crippen LogP contribution in [0.15, 0.2) is 35.1 Å². The molecule has 2 rings (SSSR count). The maximum Gasteiger partial charge on any atom is 0.126 e. The van der Waals surface area contributed by atoms with E-state index in [9.17, 15) is 4.39 Å². The van der Waals surface area contributed by atoms with Gasteiger partial charge in [0, 0.05) is 29.3 Å².